The number of carbonyl (C=O) groups is 1. The van der Waals surface area contributed by atoms with Crippen LogP contribution in [0, 0.1) is 11.8 Å². The zero-order chi connectivity index (χ0) is 49.0. The molecule has 8 aromatic rings. The van der Waals surface area contributed by atoms with E-state index in [2.05, 4.69) is 90.9 Å². The summed E-state index contributed by atoms with van der Waals surface area (Å²) in [5, 5.41) is 14.6. The third-order valence-corrected chi connectivity index (χ3v) is 15.1. The van der Waals surface area contributed by atoms with E-state index in [0.717, 1.165) is 99.0 Å². The highest BCUT2D eigenvalue weighted by Gasteiger charge is 2.31. The molecule has 0 bridgehead atoms. The Kier molecular flexibility index (Phi) is 12.5. The molecule has 10 heterocycles. The predicted octanol–water partition coefficient (Wildman–Crippen LogP) is 11.8. The van der Waals surface area contributed by atoms with Gasteiger partial charge in [0, 0.05) is 89.9 Å². The van der Waals surface area contributed by atoms with E-state index in [-0.39, 0.29) is 12.0 Å². The van der Waals surface area contributed by atoms with E-state index in [9.17, 15) is 4.79 Å². The van der Waals surface area contributed by atoms with Gasteiger partial charge in [0.25, 0.3) is 0 Å². The quantitative estimate of drug-likeness (QED) is 0.143. The highest BCUT2D eigenvalue weighted by atomic mass is 16.6. The van der Waals surface area contributed by atoms with Crippen LogP contribution < -0.4 is 16.0 Å². The molecule has 0 aromatic carbocycles. The third kappa shape index (κ3) is 9.45. The van der Waals surface area contributed by atoms with Crippen molar-refractivity contribution in [1.82, 2.24) is 59.2 Å². The van der Waals surface area contributed by atoms with Crippen molar-refractivity contribution in [2.75, 3.05) is 23.7 Å². The lowest BCUT2D eigenvalue weighted by molar-refractivity contribution is 0.0207. The molecule has 0 saturated heterocycles. The number of anilines is 4. The number of nitrogens with one attached hydrogen (secondary N) is 3. The normalized spacial score (nSPS) is 22.4. The van der Waals surface area contributed by atoms with Crippen LogP contribution in [0.1, 0.15) is 146 Å². The van der Waals surface area contributed by atoms with Crippen molar-refractivity contribution in [1.29, 1.82) is 0 Å². The van der Waals surface area contributed by atoms with E-state index in [0.29, 0.717) is 48.8 Å². The highest BCUT2D eigenvalue weighted by molar-refractivity contribution is 6.07. The summed E-state index contributed by atoms with van der Waals surface area (Å²) < 4.78 is 10.4. The van der Waals surface area contributed by atoms with E-state index in [1.807, 2.05) is 76.2 Å². The first-order valence-electron chi connectivity index (χ1n) is 25.8. The molecule has 0 radical (unpaired) electrons. The summed E-state index contributed by atoms with van der Waals surface area (Å²) in [5.41, 5.74) is 8.12. The lowest BCUT2D eigenvalue weighted by Crippen LogP contribution is -2.41. The number of rotatable bonds is 6. The van der Waals surface area contributed by atoms with Crippen LogP contribution >= 0.6 is 0 Å². The number of hydrogen-bond donors (Lipinski definition) is 3. The van der Waals surface area contributed by atoms with Gasteiger partial charge in [-0.2, -0.15) is 9.97 Å². The number of fused-ring (bicyclic) bond motifs is 8. The van der Waals surface area contributed by atoms with Crippen LogP contribution in [0.4, 0.5) is 28.3 Å². The number of pyridine rings is 4. The number of nitrogens with zero attached hydrogens (tertiary/aromatic N) is 11. The standard InChI is InChI=1S/C30H37N7O2.C25H29N7/c1-18-6-9-21(10-7-18)37-24-15-31-13-12-22(24)23-14-32-28(35-27(23)37)34-25-11-8-20-17-36(16-19(2)26(20)33-25)29(38)39-30(3,4)5;1-15-3-6-18(7-4-15)32-21-14-26-10-9-19(21)20-13-28-25(31-24(20)32)30-22-8-5-17-12-27-11-16(2)23(17)29-22/h8,11-15,18-19,21H,6-7,9-10,16-17H2,1-5H3,(H,32,33,34,35);5,8-10,13-16,18,27H,3-4,6-7,11-12H2,1-2H3,(H,28,29,30,31). The van der Waals surface area contributed by atoms with Crippen molar-refractivity contribution < 1.29 is 9.53 Å². The Hall–Kier alpha value is -6.81. The van der Waals surface area contributed by atoms with Gasteiger partial charge >= 0.3 is 6.09 Å². The monoisotopic (exact) mass is 955 g/mol. The number of carbonyl (C=O) groups excluding carboxylic acids is 1. The Morgan fingerprint density at radius 2 is 1.13 bits per heavy atom. The molecule has 0 spiro atoms. The lowest BCUT2D eigenvalue weighted by atomic mass is 9.87. The molecule has 8 aromatic heterocycles. The van der Waals surface area contributed by atoms with Crippen molar-refractivity contribution in [2.24, 2.45) is 11.8 Å². The van der Waals surface area contributed by atoms with Gasteiger partial charge in [0.05, 0.1) is 41.4 Å². The Labute approximate surface area is 414 Å². The van der Waals surface area contributed by atoms with Crippen molar-refractivity contribution >= 4 is 73.5 Å². The van der Waals surface area contributed by atoms with E-state index in [4.69, 9.17) is 24.7 Å². The van der Waals surface area contributed by atoms with Gasteiger partial charge in [-0.25, -0.2) is 24.7 Å². The van der Waals surface area contributed by atoms with Crippen LogP contribution in [0.3, 0.4) is 0 Å². The predicted molar refractivity (Wildman–Crippen MR) is 279 cm³/mol. The Morgan fingerprint density at radius 3 is 1.65 bits per heavy atom. The highest BCUT2D eigenvalue weighted by Crippen LogP contribution is 2.40. The first-order chi connectivity index (χ1) is 34.3. The first-order valence-corrected chi connectivity index (χ1v) is 25.8. The molecule has 16 nitrogen and oxygen atoms in total. The van der Waals surface area contributed by atoms with E-state index in [1.54, 1.807) is 4.90 Å². The van der Waals surface area contributed by atoms with E-state index in [1.165, 1.54) is 49.5 Å². The van der Waals surface area contributed by atoms with Crippen molar-refractivity contribution in [2.45, 2.75) is 142 Å². The summed E-state index contributed by atoms with van der Waals surface area (Å²) in [4.78, 5) is 52.4. The second-order valence-corrected chi connectivity index (χ2v) is 21.7. The van der Waals surface area contributed by atoms with E-state index < -0.39 is 5.60 Å². The molecule has 2 saturated carbocycles. The molecule has 16 heteroatoms. The summed E-state index contributed by atoms with van der Waals surface area (Å²) in [6.07, 6.45) is 20.8. The van der Waals surface area contributed by atoms with Crippen LogP contribution in [0.25, 0.3) is 43.9 Å². The van der Waals surface area contributed by atoms with Gasteiger partial charge in [-0.3, -0.25) is 9.97 Å². The number of hydrogen-bond acceptors (Lipinski definition) is 13. The lowest BCUT2D eigenvalue weighted by Gasteiger charge is -2.33. The van der Waals surface area contributed by atoms with Crippen LogP contribution in [0.2, 0.25) is 0 Å². The third-order valence-electron chi connectivity index (χ3n) is 15.1. The van der Waals surface area contributed by atoms with Crippen molar-refractivity contribution in [3.05, 3.63) is 96.1 Å². The smallest absolute Gasteiger partial charge is 0.410 e. The van der Waals surface area contributed by atoms with Crippen LogP contribution in [0.5, 0.6) is 0 Å². The zero-order valence-electron chi connectivity index (χ0n) is 42.1. The van der Waals surface area contributed by atoms with Crippen LogP contribution in [0.15, 0.2) is 73.6 Å². The molecule has 2 unspecified atom stereocenters. The van der Waals surface area contributed by atoms with Gasteiger partial charge in [-0.1, -0.05) is 39.8 Å². The van der Waals surface area contributed by atoms with Crippen molar-refractivity contribution in [3.8, 4) is 0 Å². The minimum Gasteiger partial charge on any atom is -0.444 e. The second kappa shape index (κ2) is 19.1. The summed E-state index contributed by atoms with van der Waals surface area (Å²) >= 11 is 0. The zero-order valence-corrected chi connectivity index (χ0v) is 42.1. The minimum atomic E-state index is -0.522. The molecule has 2 atom stereocenters. The van der Waals surface area contributed by atoms with Gasteiger partial charge in [-0.15, -0.1) is 0 Å². The summed E-state index contributed by atoms with van der Waals surface area (Å²) in [6.45, 7) is 17.5. The average Bonchev–Trinajstić information content (AvgIpc) is 3.87. The molecule has 4 aliphatic rings. The number of amides is 1. The van der Waals surface area contributed by atoms with Crippen molar-refractivity contribution in [3.63, 3.8) is 0 Å². The molecule has 12 rings (SSSR count). The van der Waals surface area contributed by atoms with Gasteiger partial charge in [-0.05, 0) is 119 Å². The fourth-order valence-electron chi connectivity index (χ4n) is 11.4. The summed E-state index contributed by atoms with van der Waals surface area (Å²) in [5.74, 6) is 4.66. The van der Waals surface area contributed by atoms with Gasteiger partial charge < -0.3 is 34.7 Å². The topological polar surface area (TPSA) is 179 Å². The molecule has 71 heavy (non-hydrogen) atoms. The Balaban J connectivity index is 0.000000157. The molecule has 2 fully saturated rings. The van der Waals surface area contributed by atoms with Gasteiger partial charge in [0.2, 0.25) is 11.9 Å². The molecule has 2 aliphatic heterocycles. The largest absolute Gasteiger partial charge is 0.444 e. The van der Waals surface area contributed by atoms with Crippen LogP contribution in [-0.4, -0.2) is 78.7 Å². The second-order valence-electron chi connectivity index (χ2n) is 21.7. The Bertz CT molecular complexity index is 3250. The molecule has 368 valence electrons. The average molecular weight is 955 g/mol. The van der Waals surface area contributed by atoms with Gasteiger partial charge in [0.15, 0.2) is 0 Å². The fourth-order valence-corrected chi connectivity index (χ4v) is 11.4. The molecular formula is C55H66N14O2. The van der Waals surface area contributed by atoms with Crippen LogP contribution in [-0.2, 0) is 17.8 Å². The Morgan fingerprint density at radius 1 is 0.620 bits per heavy atom. The molecular weight excluding hydrogens is 889 g/mol. The molecule has 3 N–H and O–H groups in total. The number of ether oxygens (including phenoxy) is 1. The van der Waals surface area contributed by atoms with E-state index >= 15 is 0 Å². The summed E-state index contributed by atoms with van der Waals surface area (Å²) in [6, 6.07) is 13.1. The van der Waals surface area contributed by atoms with Gasteiger partial charge in [0.1, 0.15) is 28.5 Å². The SMILES string of the molecule is CC1CCC(n2c3cnccc3c3cnc(Nc4ccc5c(n4)C(C)CN(C(=O)OC(C)(C)C)C5)nc32)CC1.CC1CCC(n2c3cnccc3c3cnc(Nc4ccc5c(n4)C(C)CNC5)nc32)CC1. The maximum Gasteiger partial charge on any atom is 0.410 e. The summed E-state index contributed by atoms with van der Waals surface area (Å²) in [7, 11) is 0. The maximum atomic E-state index is 12.7. The maximum absolute atomic E-state index is 12.7. The fraction of sp³-hybridized carbons (Fsp3) is 0.473. The molecule has 2 aliphatic carbocycles. The minimum absolute atomic E-state index is 0.0788. The first kappa shape index (κ1) is 46.6. The molecule has 1 amide bonds. The number of aromatic nitrogens is 10.